The fourth-order valence-corrected chi connectivity index (χ4v) is 4.71. The molecule has 4 nitrogen and oxygen atoms in total. The molecule has 3 rings (SSSR count). The monoisotopic (exact) mass is 412 g/mol. The number of carbonyl (C=O) groups excluding carboxylic acids is 2. The number of nitrogens with zero attached hydrogens (tertiary/aromatic N) is 1. The first-order valence-corrected chi connectivity index (χ1v) is 10.5. The Balaban J connectivity index is 1.75. The molecule has 0 aliphatic heterocycles. The molecule has 2 amide bonds. The molecule has 0 atom stereocenters. The molecule has 29 heavy (non-hydrogen) atoms. The van der Waals surface area contributed by atoms with Gasteiger partial charge in [-0.05, 0) is 62.4 Å². The Morgan fingerprint density at radius 3 is 2.14 bits per heavy atom. The molecule has 1 aliphatic carbocycles. The number of likely N-dealkylation sites (N-methyl/N-ethyl adjacent to an activating group) is 1. The number of anilines is 1. The van der Waals surface area contributed by atoms with Crippen LogP contribution in [0.3, 0.4) is 0 Å². The number of hydrogen-bond acceptors (Lipinski definition) is 2. The molecule has 1 fully saturated rings. The molecule has 1 saturated carbocycles. The van der Waals surface area contributed by atoms with Crippen molar-refractivity contribution in [2.45, 2.75) is 51.9 Å². The molecule has 1 N–H and O–H groups in total. The molecule has 5 heteroatoms. The van der Waals surface area contributed by atoms with Gasteiger partial charge in [0.25, 0.3) is 0 Å². The highest BCUT2D eigenvalue weighted by molar-refractivity contribution is 6.30. The van der Waals surface area contributed by atoms with Gasteiger partial charge in [-0.25, -0.2) is 0 Å². The third-order valence-corrected chi connectivity index (χ3v) is 6.18. The van der Waals surface area contributed by atoms with Gasteiger partial charge in [-0.1, -0.05) is 54.3 Å². The maximum absolute atomic E-state index is 13.4. The van der Waals surface area contributed by atoms with Crippen LogP contribution in [-0.2, 0) is 15.0 Å². The van der Waals surface area contributed by atoms with Crippen molar-refractivity contribution in [2.75, 3.05) is 18.9 Å². The van der Waals surface area contributed by atoms with Crippen LogP contribution in [0.15, 0.2) is 36.4 Å². The van der Waals surface area contributed by atoms with Crippen molar-refractivity contribution < 1.29 is 9.59 Å². The van der Waals surface area contributed by atoms with Crippen LogP contribution in [0.1, 0.15) is 47.9 Å². The predicted molar refractivity (Wildman–Crippen MR) is 119 cm³/mol. The molecule has 0 radical (unpaired) electrons. The Labute approximate surface area is 178 Å². The molecule has 0 heterocycles. The summed E-state index contributed by atoms with van der Waals surface area (Å²) in [6.07, 6.45) is 3.62. The smallest absolute Gasteiger partial charge is 0.243 e. The second kappa shape index (κ2) is 8.58. The van der Waals surface area contributed by atoms with E-state index in [1.165, 1.54) is 0 Å². The first kappa shape index (κ1) is 21.4. The van der Waals surface area contributed by atoms with Crippen LogP contribution >= 0.6 is 11.6 Å². The van der Waals surface area contributed by atoms with E-state index in [9.17, 15) is 9.59 Å². The summed E-state index contributed by atoms with van der Waals surface area (Å²) in [6, 6.07) is 11.6. The van der Waals surface area contributed by atoms with Crippen molar-refractivity contribution in [2.24, 2.45) is 0 Å². The fraction of sp³-hybridized carbons (Fsp3) is 0.417. The number of aryl methyl sites for hydroxylation is 3. The molecule has 0 bridgehead atoms. The number of benzene rings is 2. The molecule has 0 saturated heterocycles. The summed E-state index contributed by atoms with van der Waals surface area (Å²) in [4.78, 5) is 27.7. The SMILES string of the molecule is Cc1cc(C)c(NC(=O)CN(C)C(=O)C2(c3ccc(Cl)cc3)CCCC2)c(C)c1. The largest absolute Gasteiger partial charge is 0.336 e. The lowest BCUT2D eigenvalue weighted by Crippen LogP contribution is -2.46. The van der Waals surface area contributed by atoms with E-state index in [1.54, 1.807) is 11.9 Å². The van der Waals surface area contributed by atoms with Crippen LogP contribution in [0.25, 0.3) is 0 Å². The Kier molecular flexibility index (Phi) is 6.33. The van der Waals surface area contributed by atoms with E-state index >= 15 is 0 Å². The molecular formula is C24H29ClN2O2. The normalized spacial score (nSPS) is 15.2. The van der Waals surface area contributed by atoms with E-state index in [1.807, 2.05) is 57.2 Å². The third-order valence-electron chi connectivity index (χ3n) is 5.93. The molecule has 154 valence electrons. The van der Waals surface area contributed by atoms with Gasteiger partial charge in [0.05, 0.1) is 12.0 Å². The zero-order chi connectivity index (χ0) is 21.2. The van der Waals surface area contributed by atoms with Crippen molar-refractivity contribution in [3.63, 3.8) is 0 Å². The van der Waals surface area contributed by atoms with E-state index in [2.05, 4.69) is 5.32 Å². The Morgan fingerprint density at radius 1 is 1.03 bits per heavy atom. The highest BCUT2D eigenvalue weighted by Crippen LogP contribution is 2.42. The lowest BCUT2D eigenvalue weighted by Gasteiger charge is -2.33. The molecule has 2 aromatic rings. The van der Waals surface area contributed by atoms with Gasteiger partial charge in [-0.3, -0.25) is 9.59 Å². The van der Waals surface area contributed by atoms with E-state index < -0.39 is 5.41 Å². The highest BCUT2D eigenvalue weighted by Gasteiger charge is 2.44. The van der Waals surface area contributed by atoms with Crippen LogP contribution < -0.4 is 5.32 Å². The zero-order valence-electron chi connectivity index (χ0n) is 17.6. The first-order valence-electron chi connectivity index (χ1n) is 10.1. The summed E-state index contributed by atoms with van der Waals surface area (Å²) in [5.74, 6) is -0.176. The Bertz CT molecular complexity index is 892. The Hall–Kier alpha value is -2.33. The predicted octanol–water partition coefficient (Wildman–Crippen LogP) is 5.17. The Morgan fingerprint density at radius 2 is 1.59 bits per heavy atom. The first-order chi connectivity index (χ1) is 13.7. The molecule has 1 aliphatic rings. The topological polar surface area (TPSA) is 49.4 Å². The maximum atomic E-state index is 13.4. The number of halogens is 1. The standard InChI is InChI=1S/C24H29ClN2O2/c1-16-13-17(2)22(18(3)14-16)26-21(28)15-27(4)23(29)24(11-5-6-12-24)19-7-9-20(25)10-8-19/h7-10,13-14H,5-6,11-12,15H2,1-4H3,(H,26,28). The van der Waals surface area contributed by atoms with E-state index in [0.29, 0.717) is 5.02 Å². The van der Waals surface area contributed by atoms with Crippen molar-refractivity contribution in [3.8, 4) is 0 Å². The van der Waals surface area contributed by atoms with Crippen LogP contribution in [0, 0.1) is 20.8 Å². The van der Waals surface area contributed by atoms with Crippen molar-refractivity contribution in [1.29, 1.82) is 0 Å². The maximum Gasteiger partial charge on any atom is 0.243 e. The van der Waals surface area contributed by atoms with Gasteiger partial charge in [-0.2, -0.15) is 0 Å². The third kappa shape index (κ3) is 4.48. The van der Waals surface area contributed by atoms with Gasteiger partial charge in [-0.15, -0.1) is 0 Å². The number of rotatable bonds is 5. The number of hydrogen-bond donors (Lipinski definition) is 1. The average molecular weight is 413 g/mol. The summed E-state index contributed by atoms with van der Waals surface area (Å²) >= 11 is 6.04. The van der Waals surface area contributed by atoms with Crippen LogP contribution in [0.2, 0.25) is 5.02 Å². The minimum atomic E-state index is -0.560. The number of nitrogens with one attached hydrogen (secondary N) is 1. The molecule has 2 aromatic carbocycles. The molecular weight excluding hydrogens is 384 g/mol. The molecule has 0 spiro atoms. The van der Waals surface area contributed by atoms with Crippen LogP contribution in [0.4, 0.5) is 5.69 Å². The number of carbonyl (C=O) groups is 2. The van der Waals surface area contributed by atoms with Crippen molar-refractivity contribution >= 4 is 29.1 Å². The lowest BCUT2D eigenvalue weighted by molar-refractivity contribution is -0.138. The molecule has 0 unspecified atom stereocenters. The van der Waals surface area contributed by atoms with Gasteiger partial charge in [0.15, 0.2) is 0 Å². The molecule has 0 aromatic heterocycles. The summed E-state index contributed by atoms with van der Waals surface area (Å²) in [5, 5.41) is 3.65. The quantitative estimate of drug-likeness (QED) is 0.736. The number of amides is 2. The van der Waals surface area contributed by atoms with Gasteiger partial charge >= 0.3 is 0 Å². The summed E-state index contributed by atoms with van der Waals surface area (Å²) in [7, 11) is 1.72. The summed E-state index contributed by atoms with van der Waals surface area (Å²) < 4.78 is 0. The summed E-state index contributed by atoms with van der Waals surface area (Å²) in [5.41, 5.74) is 4.47. The highest BCUT2D eigenvalue weighted by atomic mass is 35.5. The van der Waals surface area contributed by atoms with E-state index in [0.717, 1.165) is 53.6 Å². The fourth-order valence-electron chi connectivity index (χ4n) is 4.58. The van der Waals surface area contributed by atoms with Crippen LogP contribution in [0.5, 0.6) is 0 Å². The minimum Gasteiger partial charge on any atom is -0.336 e. The zero-order valence-corrected chi connectivity index (χ0v) is 18.4. The van der Waals surface area contributed by atoms with E-state index in [4.69, 9.17) is 11.6 Å². The van der Waals surface area contributed by atoms with Crippen molar-refractivity contribution in [3.05, 3.63) is 63.7 Å². The van der Waals surface area contributed by atoms with Crippen LogP contribution in [-0.4, -0.2) is 30.3 Å². The second-order valence-electron chi connectivity index (χ2n) is 8.28. The van der Waals surface area contributed by atoms with E-state index in [-0.39, 0.29) is 18.4 Å². The summed E-state index contributed by atoms with van der Waals surface area (Å²) in [6.45, 7) is 6.04. The van der Waals surface area contributed by atoms with Gasteiger partial charge < -0.3 is 10.2 Å². The van der Waals surface area contributed by atoms with Gasteiger partial charge in [0.2, 0.25) is 11.8 Å². The van der Waals surface area contributed by atoms with Gasteiger partial charge in [0.1, 0.15) is 0 Å². The average Bonchev–Trinajstić information content (AvgIpc) is 3.15. The second-order valence-corrected chi connectivity index (χ2v) is 8.72. The minimum absolute atomic E-state index is 0.00447. The van der Waals surface area contributed by atoms with Crippen molar-refractivity contribution in [1.82, 2.24) is 4.90 Å². The van der Waals surface area contributed by atoms with Gasteiger partial charge in [0, 0.05) is 17.8 Å². The lowest BCUT2D eigenvalue weighted by atomic mass is 9.77.